The molecule has 0 heterocycles. The van der Waals surface area contributed by atoms with Gasteiger partial charge in [0.15, 0.2) is 0 Å². The average Bonchev–Trinajstić information content (AvgIpc) is 2.36. The maximum atomic E-state index is 5.63. The van der Waals surface area contributed by atoms with E-state index < -0.39 is 8.07 Å². The number of aryl methyl sites for hydroxylation is 2. The number of methoxy groups -OCH3 is 1. The van der Waals surface area contributed by atoms with Gasteiger partial charge in [0, 0.05) is 0 Å². The smallest absolute Gasteiger partial charge is 0.118 e. The standard InChI is InChI=1S/C15H26OSi/c1-7-17(8-2,9-3)15-11-13(5)12(4)10-14(15)16-6/h10-11H,7-9H2,1-6H3. The highest BCUT2D eigenvalue weighted by atomic mass is 28.3. The van der Waals surface area contributed by atoms with Crippen LogP contribution in [0, 0.1) is 13.8 Å². The van der Waals surface area contributed by atoms with Gasteiger partial charge in [-0.2, -0.15) is 0 Å². The molecular weight excluding hydrogens is 224 g/mol. The first kappa shape index (κ1) is 14.3. The minimum Gasteiger partial charge on any atom is -0.497 e. The third-order valence-corrected chi connectivity index (χ3v) is 10.0. The summed E-state index contributed by atoms with van der Waals surface area (Å²) in [5, 5.41) is 1.52. The molecule has 1 aromatic rings. The lowest BCUT2D eigenvalue weighted by molar-refractivity contribution is 0.417. The minimum atomic E-state index is -1.34. The Labute approximate surface area is 107 Å². The third-order valence-electron chi connectivity index (χ3n) is 4.42. The lowest BCUT2D eigenvalue weighted by Gasteiger charge is -2.31. The lowest BCUT2D eigenvalue weighted by atomic mass is 10.1. The molecule has 0 bridgehead atoms. The highest BCUT2D eigenvalue weighted by molar-refractivity contribution is 6.92. The van der Waals surface area contributed by atoms with Crippen LogP contribution in [-0.2, 0) is 0 Å². The van der Waals surface area contributed by atoms with E-state index >= 15 is 0 Å². The van der Waals surface area contributed by atoms with Crippen molar-refractivity contribution in [1.29, 1.82) is 0 Å². The highest BCUT2D eigenvalue weighted by Crippen LogP contribution is 2.26. The quantitative estimate of drug-likeness (QED) is 0.717. The number of ether oxygens (including phenoxy) is 1. The molecule has 0 spiro atoms. The van der Waals surface area contributed by atoms with Gasteiger partial charge in [-0.3, -0.25) is 0 Å². The van der Waals surface area contributed by atoms with Crippen molar-refractivity contribution >= 4 is 13.3 Å². The molecule has 0 fully saturated rings. The zero-order valence-corrected chi connectivity index (χ0v) is 13.2. The van der Waals surface area contributed by atoms with E-state index in [1.807, 2.05) is 0 Å². The van der Waals surface area contributed by atoms with Gasteiger partial charge in [-0.1, -0.05) is 45.0 Å². The van der Waals surface area contributed by atoms with E-state index in [0.717, 1.165) is 5.75 Å². The topological polar surface area (TPSA) is 9.23 Å². The van der Waals surface area contributed by atoms with Crippen LogP contribution >= 0.6 is 0 Å². The second-order valence-electron chi connectivity index (χ2n) is 4.98. The Hall–Kier alpha value is -0.763. The zero-order valence-electron chi connectivity index (χ0n) is 12.2. The first-order valence-electron chi connectivity index (χ1n) is 6.70. The fourth-order valence-electron chi connectivity index (χ4n) is 2.69. The van der Waals surface area contributed by atoms with Crippen LogP contribution in [0.4, 0.5) is 0 Å². The van der Waals surface area contributed by atoms with Gasteiger partial charge in [0.05, 0.1) is 15.2 Å². The first-order chi connectivity index (χ1) is 8.04. The van der Waals surface area contributed by atoms with Gasteiger partial charge in [0.2, 0.25) is 0 Å². The van der Waals surface area contributed by atoms with Crippen molar-refractivity contribution in [2.24, 2.45) is 0 Å². The second-order valence-corrected chi connectivity index (χ2v) is 10.2. The van der Waals surface area contributed by atoms with Crippen LogP contribution in [0.25, 0.3) is 0 Å². The Bertz CT molecular complexity index is 372. The SMILES string of the molecule is CC[Si](CC)(CC)c1cc(C)c(C)cc1OC. The summed E-state index contributed by atoms with van der Waals surface area (Å²) in [4.78, 5) is 0. The molecule has 0 N–H and O–H groups in total. The summed E-state index contributed by atoms with van der Waals surface area (Å²) in [7, 11) is 0.461. The number of benzene rings is 1. The molecule has 0 atom stereocenters. The molecule has 17 heavy (non-hydrogen) atoms. The lowest BCUT2D eigenvalue weighted by Crippen LogP contribution is -2.46. The van der Waals surface area contributed by atoms with Crippen molar-refractivity contribution in [2.75, 3.05) is 7.11 Å². The van der Waals surface area contributed by atoms with E-state index in [9.17, 15) is 0 Å². The van der Waals surface area contributed by atoms with Crippen molar-refractivity contribution < 1.29 is 4.74 Å². The van der Waals surface area contributed by atoms with E-state index in [0.29, 0.717) is 0 Å². The molecule has 96 valence electrons. The Morgan fingerprint density at radius 1 is 0.941 bits per heavy atom. The van der Waals surface area contributed by atoms with Crippen molar-refractivity contribution in [3.8, 4) is 5.75 Å². The van der Waals surface area contributed by atoms with Crippen LogP contribution in [0.3, 0.4) is 0 Å². The summed E-state index contributed by atoms with van der Waals surface area (Å²) in [5.41, 5.74) is 2.73. The van der Waals surface area contributed by atoms with E-state index in [1.54, 1.807) is 7.11 Å². The predicted octanol–water partition coefficient (Wildman–Crippen LogP) is 4.03. The molecule has 1 aromatic carbocycles. The average molecular weight is 250 g/mol. The van der Waals surface area contributed by atoms with Crippen molar-refractivity contribution in [1.82, 2.24) is 0 Å². The van der Waals surface area contributed by atoms with E-state index in [-0.39, 0.29) is 0 Å². The molecule has 1 nitrogen and oxygen atoms in total. The van der Waals surface area contributed by atoms with Gasteiger partial charge in [-0.05, 0) is 36.2 Å². The summed E-state index contributed by atoms with van der Waals surface area (Å²) in [5.74, 6) is 1.12. The van der Waals surface area contributed by atoms with Gasteiger partial charge in [0.1, 0.15) is 5.75 Å². The van der Waals surface area contributed by atoms with Gasteiger partial charge in [-0.15, -0.1) is 0 Å². The molecule has 0 aliphatic carbocycles. The van der Waals surface area contributed by atoms with Gasteiger partial charge in [0.25, 0.3) is 0 Å². The molecule has 0 unspecified atom stereocenters. The van der Waals surface area contributed by atoms with Crippen LogP contribution in [0.15, 0.2) is 12.1 Å². The third kappa shape index (κ3) is 2.57. The number of rotatable bonds is 5. The van der Waals surface area contributed by atoms with Gasteiger partial charge < -0.3 is 4.74 Å². The van der Waals surface area contributed by atoms with Crippen LogP contribution < -0.4 is 9.92 Å². The van der Waals surface area contributed by atoms with Crippen LogP contribution in [0.2, 0.25) is 18.1 Å². The number of hydrogen-bond acceptors (Lipinski definition) is 1. The Balaban J connectivity index is 3.41. The summed E-state index contributed by atoms with van der Waals surface area (Å²) in [6, 6.07) is 8.51. The fraction of sp³-hybridized carbons (Fsp3) is 0.600. The minimum absolute atomic E-state index is 1.12. The van der Waals surface area contributed by atoms with Crippen molar-refractivity contribution in [2.45, 2.75) is 52.8 Å². The molecule has 0 saturated heterocycles. The van der Waals surface area contributed by atoms with Crippen LogP contribution in [0.1, 0.15) is 31.9 Å². The molecule has 1 rings (SSSR count). The largest absolute Gasteiger partial charge is 0.497 e. The molecular formula is C15H26OSi. The maximum Gasteiger partial charge on any atom is 0.118 e. The normalized spacial score (nSPS) is 11.6. The maximum absolute atomic E-state index is 5.63. The monoisotopic (exact) mass is 250 g/mol. The summed E-state index contributed by atoms with van der Waals surface area (Å²) < 4.78 is 5.63. The molecule has 0 saturated carbocycles. The fourth-order valence-corrected chi connectivity index (χ4v) is 6.56. The molecule has 0 radical (unpaired) electrons. The van der Waals surface area contributed by atoms with E-state index in [4.69, 9.17) is 4.74 Å². The van der Waals surface area contributed by atoms with Gasteiger partial charge >= 0.3 is 0 Å². The highest BCUT2D eigenvalue weighted by Gasteiger charge is 2.32. The number of hydrogen-bond donors (Lipinski definition) is 0. The van der Waals surface area contributed by atoms with Gasteiger partial charge in [-0.25, -0.2) is 0 Å². The molecule has 2 heteroatoms. The molecule has 0 amide bonds. The Kier molecular flexibility index (Phi) is 4.81. The molecule has 0 aliphatic rings. The summed E-state index contributed by atoms with van der Waals surface area (Å²) in [6.45, 7) is 11.4. The van der Waals surface area contributed by atoms with Crippen molar-refractivity contribution in [3.05, 3.63) is 23.3 Å². The van der Waals surface area contributed by atoms with Crippen LogP contribution in [-0.4, -0.2) is 15.2 Å². The summed E-state index contributed by atoms with van der Waals surface area (Å²) in [6.07, 6.45) is 0. The molecule has 0 aliphatic heterocycles. The van der Waals surface area contributed by atoms with E-state index in [1.165, 1.54) is 34.4 Å². The van der Waals surface area contributed by atoms with E-state index in [2.05, 4.69) is 46.8 Å². The van der Waals surface area contributed by atoms with Crippen molar-refractivity contribution in [3.63, 3.8) is 0 Å². The Morgan fingerprint density at radius 3 is 1.82 bits per heavy atom. The molecule has 0 aromatic heterocycles. The predicted molar refractivity (Wildman–Crippen MR) is 79.3 cm³/mol. The Morgan fingerprint density at radius 2 is 1.41 bits per heavy atom. The summed E-state index contributed by atoms with van der Waals surface area (Å²) >= 11 is 0. The zero-order chi connectivity index (χ0) is 13.1. The first-order valence-corrected chi connectivity index (χ1v) is 9.32. The van der Waals surface area contributed by atoms with Crippen LogP contribution in [0.5, 0.6) is 5.75 Å². The second kappa shape index (κ2) is 5.72.